The first-order valence-electron chi connectivity index (χ1n) is 7.96. The minimum Gasteiger partial charge on any atom is -0.497 e. The van der Waals surface area contributed by atoms with Gasteiger partial charge in [0.2, 0.25) is 0 Å². The highest BCUT2D eigenvalue weighted by atomic mass is 79.9. The van der Waals surface area contributed by atoms with Crippen LogP contribution in [-0.4, -0.2) is 24.3 Å². The van der Waals surface area contributed by atoms with Crippen LogP contribution in [0.25, 0.3) is 0 Å². The van der Waals surface area contributed by atoms with Gasteiger partial charge in [-0.25, -0.2) is 0 Å². The first kappa shape index (κ1) is 15.6. The number of methoxy groups -OCH3 is 1. The van der Waals surface area contributed by atoms with Gasteiger partial charge >= 0.3 is 0 Å². The van der Waals surface area contributed by atoms with E-state index in [0.29, 0.717) is 11.8 Å². The van der Waals surface area contributed by atoms with Gasteiger partial charge in [0.15, 0.2) is 5.78 Å². The van der Waals surface area contributed by atoms with Crippen molar-refractivity contribution in [1.82, 2.24) is 4.90 Å². The highest BCUT2D eigenvalue weighted by Gasteiger charge is 2.36. The van der Waals surface area contributed by atoms with Crippen molar-refractivity contribution >= 4 is 22.8 Å². The lowest BCUT2D eigenvalue weighted by atomic mass is 9.80. The molecule has 22 heavy (non-hydrogen) atoms. The molecule has 0 saturated carbocycles. The van der Waals surface area contributed by atoms with E-state index >= 15 is 0 Å². The Kier molecular flexibility index (Phi) is 4.31. The Bertz CT molecular complexity index is 638. The predicted octanol–water partition coefficient (Wildman–Crippen LogP) is 3.97. The average Bonchev–Trinajstić information content (AvgIpc) is 2.54. The molecule has 1 unspecified atom stereocenters. The second-order valence-corrected chi connectivity index (χ2v) is 6.26. The van der Waals surface area contributed by atoms with E-state index in [1.165, 1.54) is 16.8 Å². The zero-order valence-corrected chi connectivity index (χ0v) is 14.6. The van der Waals surface area contributed by atoms with Gasteiger partial charge in [0.25, 0.3) is 0 Å². The summed E-state index contributed by atoms with van der Waals surface area (Å²) in [6, 6.07) is 6.94. The van der Waals surface area contributed by atoms with Gasteiger partial charge in [-0.15, -0.1) is 17.0 Å². The summed E-state index contributed by atoms with van der Waals surface area (Å²) < 4.78 is 5.35. The molecule has 4 heteroatoms. The van der Waals surface area contributed by atoms with Crippen molar-refractivity contribution in [2.24, 2.45) is 0 Å². The van der Waals surface area contributed by atoms with Crippen molar-refractivity contribution in [2.45, 2.75) is 44.6 Å². The number of benzene rings is 1. The number of allylic oxidation sites excluding steroid dienone is 2. The Morgan fingerprint density at radius 2 is 2.05 bits per heavy atom. The summed E-state index contributed by atoms with van der Waals surface area (Å²) in [7, 11) is 1.72. The topological polar surface area (TPSA) is 29.5 Å². The Hall–Kier alpha value is -1.29. The molecule has 3 aliphatic rings. The number of hydrogen-bond donors (Lipinski definition) is 0. The Labute approximate surface area is 142 Å². The summed E-state index contributed by atoms with van der Waals surface area (Å²) in [5.41, 5.74) is 5.34. The molecule has 1 aromatic rings. The van der Waals surface area contributed by atoms with E-state index < -0.39 is 0 Å². The van der Waals surface area contributed by atoms with Gasteiger partial charge in [-0.05, 0) is 55.4 Å². The molecule has 2 aliphatic heterocycles. The number of fused-ring (bicyclic) bond motifs is 4. The van der Waals surface area contributed by atoms with E-state index in [0.717, 1.165) is 56.4 Å². The number of ether oxygens (including phenoxy) is 1. The fourth-order valence-corrected chi connectivity index (χ4v) is 4.21. The molecule has 0 fully saturated rings. The van der Waals surface area contributed by atoms with Gasteiger partial charge in [0.1, 0.15) is 5.75 Å². The first-order chi connectivity index (χ1) is 10.3. The van der Waals surface area contributed by atoms with Crippen LogP contribution in [0.15, 0.2) is 29.5 Å². The molecular weight excluding hydrogens is 342 g/mol. The van der Waals surface area contributed by atoms with Crippen LogP contribution in [0.3, 0.4) is 0 Å². The molecule has 3 nitrogen and oxygen atoms in total. The summed E-state index contributed by atoms with van der Waals surface area (Å²) >= 11 is 0. The van der Waals surface area contributed by atoms with Crippen molar-refractivity contribution in [2.75, 3.05) is 13.7 Å². The van der Waals surface area contributed by atoms with Crippen LogP contribution in [0.1, 0.15) is 49.3 Å². The van der Waals surface area contributed by atoms with E-state index in [4.69, 9.17) is 4.74 Å². The molecule has 118 valence electrons. The number of Topliss-reactive ketones (excluding diaryl/α,β-unsaturated/α-hetero) is 1. The van der Waals surface area contributed by atoms with Gasteiger partial charge in [0.05, 0.1) is 13.2 Å². The lowest BCUT2D eigenvalue weighted by molar-refractivity contribution is -0.116. The monoisotopic (exact) mass is 363 g/mol. The van der Waals surface area contributed by atoms with Crippen LogP contribution in [0.5, 0.6) is 5.75 Å². The normalized spacial score (nSPS) is 23.2. The third-order valence-corrected chi connectivity index (χ3v) is 5.22. The van der Waals surface area contributed by atoms with Crippen molar-refractivity contribution in [3.63, 3.8) is 0 Å². The Morgan fingerprint density at radius 3 is 2.86 bits per heavy atom. The first-order valence-corrected chi connectivity index (χ1v) is 7.96. The smallest absolute Gasteiger partial charge is 0.160 e. The predicted molar refractivity (Wildman–Crippen MR) is 91.6 cm³/mol. The lowest BCUT2D eigenvalue weighted by Crippen LogP contribution is -2.40. The number of hydrogen-bond acceptors (Lipinski definition) is 3. The molecule has 0 aromatic heterocycles. The number of rotatable bonds is 1. The highest BCUT2D eigenvalue weighted by molar-refractivity contribution is 8.93. The zero-order valence-electron chi connectivity index (χ0n) is 12.9. The molecule has 0 radical (unpaired) electrons. The second kappa shape index (κ2) is 6.07. The minimum atomic E-state index is 0. The fourth-order valence-electron chi connectivity index (χ4n) is 4.21. The molecule has 0 amide bonds. The van der Waals surface area contributed by atoms with Crippen molar-refractivity contribution in [3.05, 3.63) is 40.6 Å². The maximum absolute atomic E-state index is 12.1. The summed E-state index contributed by atoms with van der Waals surface area (Å²) in [4.78, 5) is 14.6. The number of halogens is 1. The maximum Gasteiger partial charge on any atom is 0.160 e. The van der Waals surface area contributed by atoms with Crippen LogP contribution in [0.2, 0.25) is 0 Å². The van der Waals surface area contributed by atoms with Crippen LogP contribution >= 0.6 is 17.0 Å². The van der Waals surface area contributed by atoms with Gasteiger partial charge in [-0.3, -0.25) is 4.79 Å². The van der Waals surface area contributed by atoms with Crippen molar-refractivity contribution in [3.8, 4) is 5.75 Å². The van der Waals surface area contributed by atoms with Gasteiger partial charge in [0, 0.05) is 24.2 Å². The third kappa shape index (κ3) is 2.37. The highest BCUT2D eigenvalue weighted by Crippen LogP contribution is 2.44. The van der Waals surface area contributed by atoms with Gasteiger partial charge < -0.3 is 9.64 Å². The van der Waals surface area contributed by atoms with Crippen molar-refractivity contribution in [1.29, 1.82) is 0 Å². The molecule has 1 atom stereocenters. The Balaban J connectivity index is 0.00000144. The maximum atomic E-state index is 12.1. The summed E-state index contributed by atoms with van der Waals surface area (Å²) in [6.45, 7) is 1.04. The van der Waals surface area contributed by atoms with E-state index in [2.05, 4.69) is 23.1 Å². The zero-order chi connectivity index (χ0) is 14.4. The van der Waals surface area contributed by atoms with Gasteiger partial charge in [-0.2, -0.15) is 0 Å². The second-order valence-electron chi connectivity index (χ2n) is 6.26. The quantitative estimate of drug-likeness (QED) is 0.755. The summed E-state index contributed by atoms with van der Waals surface area (Å²) in [5.74, 6) is 1.35. The lowest BCUT2D eigenvalue weighted by Gasteiger charge is -2.45. The van der Waals surface area contributed by atoms with Crippen LogP contribution in [-0.2, 0) is 11.2 Å². The summed E-state index contributed by atoms with van der Waals surface area (Å²) in [6.07, 6.45) is 5.95. The molecule has 2 heterocycles. The molecule has 0 N–H and O–H groups in total. The SMILES string of the molecule is Br.COc1ccc2c(c1)CCN1C3=C(CCC21)C(=O)CCC3. The van der Waals surface area contributed by atoms with E-state index in [-0.39, 0.29) is 17.0 Å². The number of carbonyl (C=O) groups excluding carboxylic acids is 1. The molecule has 1 aromatic carbocycles. The standard InChI is InChI=1S/C18H21NO2.BrH/c1-21-13-5-6-14-12(11-13)9-10-19-16-3-2-4-18(20)15(16)7-8-17(14)19;/h5-6,11,17H,2-4,7-10H2,1H3;1H. The largest absolute Gasteiger partial charge is 0.497 e. The molecule has 4 rings (SSSR count). The van der Waals surface area contributed by atoms with E-state index in [9.17, 15) is 4.79 Å². The molecule has 0 bridgehead atoms. The number of nitrogens with zero attached hydrogens (tertiary/aromatic N) is 1. The van der Waals surface area contributed by atoms with Crippen LogP contribution < -0.4 is 4.74 Å². The molecular formula is C18H22BrNO2. The number of ketones is 1. The van der Waals surface area contributed by atoms with E-state index in [1.807, 2.05) is 0 Å². The molecule has 0 saturated heterocycles. The average molecular weight is 364 g/mol. The van der Waals surface area contributed by atoms with Crippen LogP contribution in [0.4, 0.5) is 0 Å². The van der Waals surface area contributed by atoms with E-state index in [1.54, 1.807) is 7.11 Å². The molecule has 0 spiro atoms. The van der Waals surface area contributed by atoms with Crippen molar-refractivity contribution < 1.29 is 9.53 Å². The molecule has 1 aliphatic carbocycles. The van der Waals surface area contributed by atoms with Gasteiger partial charge in [-0.1, -0.05) is 6.07 Å². The third-order valence-electron chi connectivity index (χ3n) is 5.22. The minimum absolute atomic E-state index is 0. The summed E-state index contributed by atoms with van der Waals surface area (Å²) in [5, 5.41) is 0. The Morgan fingerprint density at radius 1 is 1.18 bits per heavy atom. The number of carbonyl (C=O) groups is 1. The van der Waals surface area contributed by atoms with Crippen LogP contribution in [0, 0.1) is 0 Å². The fraction of sp³-hybridized carbons (Fsp3) is 0.500.